The smallest absolute Gasteiger partial charge is 0.263 e. The van der Waals surface area contributed by atoms with Crippen LogP contribution in [0.3, 0.4) is 0 Å². The van der Waals surface area contributed by atoms with Crippen molar-refractivity contribution in [2.45, 2.75) is 25.9 Å². The summed E-state index contributed by atoms with van der Waals surface area (Å²) in [5, 5.41) is 0. The van der Waals surface area contributed by atoms with E-state index in [1.54, 1.807) is 7.11 Å². The van der Waals surface area contributed by atoms with E-state index in [2.05, 4.69) is 0 Å². The molecule has 4 heteroatoms. The highest BCUT2D eigenvalue weighted by Crippen LogP contribution is 2.19. The van der Waals surface area contributed by atoms with Crippen LogP contribution in [-0.4, -0.2) is 43.7 Å². The van der Waals surface area contributed by atoms with Crippen molar-refractivity contribution >= 4 is 5.91 Å². The molecule has 1 amide bonds. The maximum absolute atomic E-state index is 12.4. The van der Waals surface area contributed by atoms with Gasteiger partial charge in [0, 0.05) is 20.2 Å². The van der Waals surface area contributed by atoms with E-state index in [9.17, 15) is 4.79 Å². The van der Waals surface area contributed by atoms with Gasteiger partial charge in [-0.25, -0.2) is 0 Å². The molecule has 0 N–H and O–H groups in total. The van der Waals surface area contributed by atoms with Crippen LogP contribution >= 0.6 is 0 Å². The number of para-hydroxylation sites is 1. The van der Waals surface area contributed by atoms with Gasteiger partial charge in [-0.3, -0.25) is 4.79 Å². The molecule has 0 aliphatic carbocycles. The summed E-state index contributed by atoms with van der Waals surface area (Å²) in [5.41, 5.74) is 0. The van der Waals surface area contributed by atoms with E-state index in [1.165, 1.54) is 0 Å². The van der Waals surface area contributed by atoms with Crippen LogP contribution in [0.5, 0.6) is 5.75 Å². The van der Waals surface area contributed by atoms with Crippen molar-refractivity contribution in [3.05, 3.63) is 30.3 Å². The van der Waals surface area contributed by atoms with Gasteiger partial charge >= 0.3 is 0 Å². The lowest BCUT2D eigenvalue weighted by molar-refractivity contribution is -0.140. The topological polar surface area (TPSA) is 38.8 Å². The molecule has 0 bridgehead atoms. The standard InChI is InChI=1S/C16H23NO3/c1-13(20-15-8-4-3-5-9-15)16(18)17-10-6-7-14(11-17)12-19-2/h3-5,8-9,13-14H,6-7,10-12H2,1-2H3. The highest BCUT2D eigenvalue weighted by Gasteiger charge is 2.27. The summed E-state index contributed by atoms with van der Waals surface area (Å²) in [4.78, 5) is 14.3. The molecule has 2 atom stereocenters. The zero-order chi connectivity index (χ0) is 14.4. The van der Waals surface area contributed by atoms with E-state index in [0.717, 1.165) is 38.3 Å². The largest absolute Gasteiger partial charge is 0.481 e. The lowest BCUT2D eigenvalue weighted by Gasteiger charge is -2.34. The Labute approximate surface area is 120 Å². The molecule has 20 heavy (non-hydrogen) atoms. The summed E-state index contributed by atoms with van der Waals surface area (Å²) in [6, 6.07) is 9.48. The van der Waals surface area contributed by atoms with Crippen molar-refractivity contribution < 1.29 is 14.3 Å². The zero-order valence-corrected chi connectivity index (χ0v) is 12.2. The van der Waals surface area contributed by atoms with Crippen LogP contribution in [0.4, 0.5) is 0 Å². The number of piperidine rings is 1. The number of carbonyl (C=O) groups is 1. The number of hydrogen-bond acceptors (Lipinski definition) is 3. The van der Waals surface area contributed by atoms with Crippen LogP contribution in [0.1, 0.15) is 19.8 Å². The van der Waals surface area contributed by atoms with Gasteiger partial charge in [-0.2, -0.15) is 0 Å². The first kappa shape index (κ1) is 14.9. The second kappa shape index (κ2) is 7.29. The molecule has 2 rings (SSSR count). The van der Waals surface area contributed by atoms with Crippen LogP contribution in [-0.2, 0) is 9.53 Å². The number of likely N-dealkylation sites (tertiary alicyclic amines) is 1. The first-order valence-corrected chi connectivity index (χ1v) is 7.20. The summed E-state index contributed by atoms with van der Waals surface area (Å²) in [6.45, 7) is 4.13. The van der Waals surface area contributed by atoms with Crippen molar-refractivity contribution in [3.63, 3.8) is 0 Å². The Morgan fingerprint density at radius 2 is 2.15 bits per heavy atom. The predicted molar refractivity (Wildman–Crippen MR) is 77.7 cm³/mol. The van der Waals surface area contributed by atoms with Crippen molar-refractivity contribution in [2.24, 2.45) is 5.92 Å². The summed E-state index contributed by atoms with van der Waals surface area (Å²) >= 11 is 0. The number of ether oxygens (including phenoxy) is 2. The lowest BCUT2D eigenvalue weighted by atomic mass is 9.98. The number of amides is 1. The third kappa shape index (κ3) is 3.97. The van der Waals surface area contributed by atoms with Crippen molar-refractivity contribution in [2.75, 3.05) is 26.8 Å². The fourth-order valence-electron chi connectivity index (χ4n) is 2.65. The summed E-state index contributed by atoms with van der Waals surface area (Å²) in [6.07, 6.45) is 1.72. The van der Waals surface area contributed by atoms with E-state index in [4.69, 9.17) is 9.47 Å². The predicted octanol–water partition coefficient (Wildman–Crippen LogP) is 2.34. The number of benzene rings is 1. The van der Waals surface area contributed by atoms with Crippen LogP contribution < -0.4 is 4.74 Å². The Bertz CT molecular complexity index is 419. The average Bonchev–Trinajstić information content (AvgIpc) is 2.48. The second-order valence-electron chi connectivity index (χ2n) is 5.32. The monoisotopic (exact) mass is 277 g/mol. The summed E-state index contributed by atoms with van der Waals surface area (Å²) < 4.78 is 10.9. The van der Waals surface area contributed by atoms with E-state index in [0.29, 0.717) is 5.92 Å². The Hall–Kier alpha value is -1.55. The minimum Gasteiger partial charge on any atom is -0.481 e. The Kier molecular flexibility index (Phi) is 5.41. The SMILES string of the molecule is COCC1CCCN(C(=O)C(C)Oc2ccccc2)C1. The number of carbonyl (C=O) groups excluding carboxylic acids is 1. The van der Waals surface area contributed by atoms with E-state index in [-0.39, 0.29) is 5.91 Å². The zero-order valence-electron chi connectivity index (χ0n) is 12.2. The molecule has 1 aromatic rings. The molecule has 0 radical (unpaired) electrons. The molecule has 1 aliphatic rings. The first-order valence-electron chi connectivity index (χ1n) is 7.20. The van der Waals surface area contributed by atoms with Gasteiger partial charge in [0.15, 0.2) is 6.10 Å². The minimum atomic E-state index is -0.446. The molecule has 2 unspecified atom stereocenters. The van der Waals surface area contributed by atoms with Gasteiger partial charge in [0.25, 0.3) is 5.91 Å². The molecule has 110 valence electrons. The molecule has 1 saturated heterocycles. The normalized spacial score (nSPS) is 20.5. The van der Waals surface area contributed by atoms with Gasteiger partial charge in [0.1, 0.15) is 5.75 Å². The van der Waals surface area contributed by atoms with E-state index >= 15 is 0 Å². The number of methoxy groups -OCH3 is 1. The van der Waals surface area contributed by atoms with Gasteiger partial charge in [-0.1, -0.05) is 18.2 Å². The van der Waals surface area contributed by atoms with E-state index in [1.807, 2.05) is 42.2 Å². The molecular formula is C16H23NO3. The van der Waals surface area contributed by atoms with Gasteiger partial charge < -0.3 is 14.4 Å². The van der Waals surface area contributed by atoms with Gasteiger partial charge in [0.05, 0.1) is 6.61 Å². The fraction of sp³-hybridized carbons (Fsp3) is 0.562. The van der Waals surface area contributed by atoms with Crippen LogP contribution in [0.15, 0.2) is 30.3 Å². The molecular weight excluding hydrogens is 254 g/mol. The first-order chi connectivity index (χ1) is 9.70. The van der Waals surface area contributed by atoms with Crippen molar-refractivity contribution in [1.29, 1.82) is 0 Å². The van der Waals surface area contributed by atoms with Crippen LogP contribution in [0.25, 0.3) is 0 Å². The lowest BCUT2D eigenvalue weighted by Crippen LogP contribution is -2.46. The fourth-order valence-corrected chi connectivity index (χ4v) is 2.65. The third-order valence-electron chi connectivity index (χ3n) is 3.64. The Balaban J connectivity index is 1.89. The number of rotatable bonds is 5. The molecule has 1 heterocycles. The minimum absolute atomic E-state index is 0.0645. The Morgan fingerprint density at radius 1 is 1.40 bits per heavy atom. The number of hydrogen-bond donors (Lipinski definition) is 0. The number of nitrogens with zero attached hydrogens (tertiary/aromatic N) is 1. The van der Waals surface area contributed by atoms with Gasteiger partial charge in [-0.05, 0) is 37.8 Å². The van der Waals surface area contributed by atoms with Crippen LogP contribution in [0.2, 0.25) is 0 Å². The van der Waals surface area contributed by atoms with Gasteiger partial charge in [0.2, 0.25) is 0 Å². The maximum Gasteiger partial charge on any atom is 0.263 e. The molecule has 0 spiro atoms. The molecule has 0 aromatic heterocycles. The average molecular weight is 277 g/mol. The summed E-state index contributed by atoms with van der Waals surface area (Å²) in [7, 11) is 1.71. The summed E-state index contributed by atoms with van der Waals surface area (Å²) in [5.74, 6) is 1.25. The van der Waals surface area contributed by atoms with E-state index < -0.39 is 6.10 Å². The van der Waals surface area contributed by atoms with Gasteiger partial charge in [-0.15, -0.1) is 0 Å². The molecule has 0 saturated carbocycles. The van der Waals surface area contributed by atoms with Crippen LogP contribution in [0, 0.1) is 5.92 Å². The highest BCUT2D eigenvalue weighted by atomic mass is 16.5. The van der Waals surface area contributed by atoms with Crippen molar-refractivity contribution in [3.8, 4) is 5.75 Å². The van der Waals surface area contributed by atoms with Crippen molar-refractivity contribution in [1.82, 2.24) is 4.90 Å². The highest BCUT2D eigenvalue weighted by molar-refractivity contribution is 5.81. The quantitative estimate of drug-likeness (QED) is 0.829. The molecule has 1 fully saturated rings. The molecule has 4 nitrogen and oxygen atoms in total. The Morgan fingerprint density at radius 3 is 2.85 bits per heavy atom. The second-order valence-corrected chi connectivity index (χ2v) is 5.32. The third-order valence-corrected chi connectivity index (χ3v) is 3.64. The molecule has 1 aromatic carbocycles. The molecule has 1 aliphatic heterocycles. The maximum atomic E-state index is 12.4.